The van der Waals surface area contributed by atoms with Crippen molar-refractivity contribution in [2.45, 2.75) is 0 Å². The highest BCUT2D eigenvalue weighted by molar-refractivity contribution is 4.93. The summed E-state index contributed by atoms with van der Waals surface area (Å²) >= 11 is 0. The van der Waals surface area contributed by atoms with Gasteiger partial charge in [-0.1, -0.05) is 5.11 Å². The van der Waals surface area contributed by atoms with Crippen LogP contribution in [-0.4, -0.2) is 15.4 Å². The number of nitrogens with one attached hydrogen (secondary N) is 1. The third-order valence-corrected chi connectivity index (χ3v) is 0.668. The van der Waals surface area contributed by atoms with Gasteiger partial charge in [0.05, 0.1) is 0 Å². The minimum Gasteiger partial charge on any atom is -0.490 e. The van der Waals surface area contributed by atoms with Crippen LogP contribution in [0.1, 0.15) is 0 Å². The molecule has 1 aliphatic heterocycles. The summed E-state index contributed by atoms with van der Waals surface area (Å²) in [6, 6.07) is 0. The van der Waals surface area contributed by atoms with Gasteiger partial charge < -0.3 is 10.2 Å². The number of aliphatic hydroxyl groups excluding tert-OH is 2. The Bertz CT molecular complexity index is 174. The molecule has 7 heteroatoms. The Labute approximate surface area is 50.0 Å². The van der Waals surface area contributed by atoms with Crippen LogP contribution < -0.4 is 11.3 Å². The van der Waals surface area contributed by atoms with Gasteiger partial charge in [-0.3, -0.25) is 0 Å². The van der Waals surface area contributed by atoms with Gasteiger partial charge in [0.2, 0.25) is 0 Å². The zero-order valence-electron chi connectivity index (χ0n) is 4.31. The van der Waals surface area contributed by atoms with Crippen molar-refractivity contribution in [2.75, 3.05) is 0 Å². The molecule has 9 heavy (non-hydrogen) atoms. The average molecular weight is 131 g/mol. The molecule has 0 amide bonds. The molecule has 0 saturated carbocycles. The van der Waals surface area contributed by atoms with Crippen molar-refractivity contribution < 1.29 is 10.2 Å². The van der Waals surface area contributed by atoms with Gasteiger partial charge in [-0.25, -0.2) is 11.3 Å². The number of hydrogen-bond donors (Lipinski definition) is 4. The highest BCUT2D eigenvalue weighted by atomic mass is 16.3. The number of hydrazine groups is 2. The van der Waals surface area contributed by atoms with Gasteiger partial charge in [0, 0.05) is 0 Å². The molecule has 0 aliphatic carbocycles. The topological polar surface area (TPSA) is 106 Å². The van der Waals surface area contributed by atoms with Crippen molar-refractivity contribution >= 4 is 0 Å². The SMILES string of the molecule is NN1N=NC(O)=C(O)N1. The van der Waals surface area contributed by atoms with Gasteiger partial charge in [0.1, 0.15) is 0 Å². The van der Waals surface area contributed by atoms with Crippen molar-refractivity contribution in [3.8, 4) is 0 Å². The minimum absolute atomic E-state index is 0.521. The Kier molecular flexibility index (Phi) is 1.12. The molecule has 0 aromatic heterocycles. The first-order valence-electron chi connectivity index (χ1n) is 2.05. The molecule has 1 aliphatic rings. The van der Waals surface area contributed by atoms with Crippen molar-refractivity contribution in [1.29, 1.82) is 0 Å². The standard InChI is InChI=1S/C2H5N5O2/c3-7-5-2(9)1(8)4-6-7/h5,8-9H,3H2. The van der Waals surface area contributed by atoms with E-state index in [9.17, 15) is 0 Å². The highest BCUT2D eigenvalue weighted by Crippen LogP contribution is 2.01. The fraction of sp³-hybridized carbons (Fsp3) is 0. The number of nitrogens with zero attached hydrogens (tertiary/aromatic N) is 3. The van der Waals surface area contributed by atoms with Gasteiger partial charge in [-0.15, -0.1) is 5.23 Å². The maximum atomic E-state index is 8.59. The maximum absolute atomic E-state index is 8.59. The molecule has 7 nitrogen and oxygen atoms in total. The maximum Gasteiger partial charge on any atom is 0.295 e. The molecule has 0 bridgehead atoms. The van der Waals surface area contributed by atoms with Crippen LogP contribution in [0, 0.1) is 0 Å². The van der Waals surface area contributed by atoms with Crippen molar-refractivity contribution in [2.24, 2.45) is 16.2 Å². The second-order valence-corrected chi connectivity index (χ2v) is 1.32. The van der Waals surface area contributed by atoms with Crippen LogP contribution in [0.5, 0.6) is 0 Å². The van der Waals surface area contributed by atoms with Gasteiger partial charge in [0.15, 0.2) is 0 Å². The third kappa shape index (κ3) is 0.995. The lowest BCUT2D eigenvalue weighted by molar-refractivity contribution is 0.122. The molecule has 50 valence electrons. The molecule has 0 spiro atoms. The summed E-state index contributed by atoms with van der Waals surface area (Å²) < 4.78 is 0. The third-order valence-electron chi connectivity index (χ3n) is 0.668. The predicted molar refractivity (Wildman–Crippen MR) is 26.3 cm³/mol. The lowest BCUT2D eigenvalue weighted by atomic mass is 10.8. The summed E-state index contributed by atoms with van der Waals surface area (Å²) in [7, 11) is 0. The Morgan fingerprint density at radius 3 is 2.67 bits per heavy atom. The summed E-state index contributed by atoms with van der Waals surface area (Å²) in [5.41, 5.74) is 2.06. The van der Waals surface area contributed by atoms with E-state index in [1.165, 1.54) is 0 Å². The zero-order valence-corrected chi connectivity index (χ0v) is 4.31. The first-order valence-corrected chi connectivity index (χ1v) is 2.05. The fourth-order valence-electron chi connectivity index (χ4n) is 0.319. The first kappa shape index (κ1) is 5.63. The van der Waals surface area contributed by atoms with E-state index in [0.717, 1.165) is 0 Å². The monoisotopic (exact) mass is 131 g/mol. The lowest BCUT2D eigenvalue weighted by Gasteiger charge is -2.14. The molecule has 0 aromatic carbocycles. The molecule has 0 aromatic rings. The normalized spacial score (nSPS) is 18.1. The van der Waals surface area contributed by atoms with Crippen LogP contribution in [0.3, 0.4) is 0 Å². The summed E-state index contributed by atoms with van der Waals surface area (Å²) in [5, 5.41) is 23.9. The van der Waals surface area contributed by atoms with E-state index >= 15 is 0 Å². The number of aliphatic hydroxyl groups is 2. The van der Waals surface area contributed by atoms with Crippen LogP contribution >= 0.6 is 0 Å². The summed E-state index contributed by atoms with van der Waals surface area (Å²) in [5.74, 6) is 3.84. The average Bonchev–Trinajstić information content (AvgIpc) is 1.80. The van der Waals surface area contributed by atoms with E-state index in [4.69, 9.17) is 16.1 Å². The largest absolute Gasteiger partial charge is 0.490 e. The number of rotatable bonds is 0. The molecule has 1 heterocycles. The van der Waals surface area contributed by atoms with Gasteiger partial charge >= 0.3 is 0 Å². The minimum atomic E-state index is -0.586. The predicted octanol–water partition coefficient (Wildman–Crippen LogP) is -0.710. The molecular weight excluding hydrogens is 126 g/mol. The van der Waals surface area contributed by atoms with Gasteiger partial charge in [-0.05, 0) is 5.22 Å². The van der Waals surface area contributed by atoms with Crippen LogP contribution in [0.2, 0.25) is 0 Å². The van der Waals surface area contributed by atoms with E-state index in [2.05, 4.69) is 15.8 Å². The molecule has 0 radical (unpaired) electrons. The van der Waals surface area contributed by atoms with E-state index in [1.54, 1.807) is 0 Å². The zero-order chi connectivity index (χ0) is 6.85. The van der Waals surface area contributed by atoms with Crippen LogP contribution in [0.4, 0.5) is 0 Å². The number of hydrogen-bond acceptors (Lipinski definition) is 7. The highest BCUT2D eigenvalue weighted by Gasteiger charge is 2.09. The van der Waals surface area contributed by atoms with Crippen molar-refractivity contribution in [3.63, 3.8) is 0 Å². The van der Waals surface area contributed by atoms with E-state index < -0.39 is 11.8 Å². The molecule has 0 atom stereocenters. The van der Waals surface area contributed by atoms with Gasteiger partial charge in [-0.2, -0.15) is 0 Å². The summed E-state index contributed by atoms with van der Waals surface area (Å²) in [4.78, 5) is 0. The lowest BCUT2D eigenvalue weighted by Crippen LogP contribution is -2.40. The smallest absolute Gasteiger partial charge is 0.295 e. The Morgan fingerprint density at radius 1 is 1.56 bits per heavy atom. The second-order valence-electron chi connectivity index (χ2n) is 1.32. The Hall–Kier alpha value is -1.50. The summed E-state index contributed by atoms with van der Waals surface area (Å²) in [6.07, 6.45) is 0. The second kappa shape index (κ2) is 1.78. The number of nitrogens with two attached hydrogens (primary N) is 1. The fourth-order valence-corrected chi connectivity index (χ4v) is 0.319. The first-order chi connectivity index (χ1) is 4.20. The quantitative estimate of drug-likeness (QED) is 0.325. The van der Waals surface area contributed by atoms with Crippen molar-refractivity contribution in [3.05, 3.63) is 11.8 Å². The molecule has 0 fully saturated rings. The Balaban J connectivity index is 2.75. The van der Waals surface area contributed by atoms with Crippen molar-refractivity contribution in [1.82, 2.24) is 10.7 Å². The molecule has 0 unspecified atom stereocenters. The molecule has 0 saturated heterocycles. The van der Waals surface area contributed by atoms with Crippen LogP contribution in [0.25, 0.3) is 0 Å². The van der Waals surface area contributed by atoms with E-state index in [1.807, 2.05) is 0 Å². The molecular formula is C2H5N5O2. The molecule has 1 rings (SSSR count). The van der Waals surface area contributed by atoms with Crippen LogP contribution in [-0.2, 0) is 0 Å². The summed E-state index contributed by atoms with van der Waals surface area (Å²) in [6.45, 7) is 0. The Morgan fingerprint density at radius 2 is 2.22 bits per heavy atom. The van der Waals surface area contributed by atoms with E-state index in [0.29, 0.717) is 5.23 Å². The van der Waals surface area contributed by atoms with Crippen LogP contribution in [0.15, 0.2) is 22.1 Å². The van der Waals surface area contributed by atoms with E-state index in [-0.39, 0.29) is 0 Å². The van der Waals surface area contributed by atoms with Gasteiger partial charge in [0.25, 0.3) is 11.8 Å². The molecule has 5 N–H and O–H groups in total.